The molecule has 0 atom stereocenters. The van der Waals surface area contributed by atoms with Crippen LogP contribution in [0.3, 0.4) is 0 Å². The quantitative estimate of drug-likeness (QED) is 0.758. The van der Waals surface area contributed by atoms with Crippen LogP contribution in [0.25, 0.3) is 0 Å². The van der Waals surface area contributed by atoms with E-state index in [9.17, 15) is 4.79 Å². The number of ether oxygens (including phenoxy) is 2. The van der Waals surface area contributed by atoms with Crippen LogP contribution in [0, 0.1) is 0 Å². The van der Waals surface area contributed by atoms with Crippen molar-refractivity contribution >= 4 is 17.5 Å². The number of nitrogens with one attached hydrogen (secondary N) is 1. The molecule has 9 heteroatoms. The summed E-state index contributed by atoms with van der Waals surface area (Å²) in [6.07, 6.45) is 3.61. The third-order valence-electron chi connectivity index (χ3n) is 4.46. The zero-order valence-corrected chi connectivity index (χ0v) is 15.3. The normalized spacial score (nSPS) is 15.8. The summed E-state index contributed by atoms with van der Waals surface area (Å²) in [7, 11) is 1.54. The number of aromatic amines is 1. The first-order valence-electron chi connectivity index (χ1n) is 8.42. The highest BCUT2D eigenvalue weighted by Crippen LogP contribution is 2.37. The molecule has 0 spiro atoms. The number of carbonyl (C=O) groups is 1. The van der Waals surface area contributed by atoms with Gasteiger partial charge in [0.25, 0.3) is 5.91 Å². The Labute approximate surface area is 156 Å². The SMILES string of the molecule is COc1cc(CN2CCC(c3ncn[nH]3)CC2)cc(Cl)c1OCC(N)=O. The average Bonchev–Trinajstić information content (AvgIpc) is 3.15. The number of piperidine rings is 1. The van der Waals surface area contributed by atoms with Crippen LogP contribution in [0.4, 0.5) is 0 Å². The van der Waals surface area contributed by atoms with Crippen LogP contribution < -0.4 is 15.2 Å². The zero-order chi connectivity index (χ0) is 18.5. The largest absolute Gasteiger partial charge is 0.493 e. The molecule has 0 radical (unpaired) electrons. The molecular formula is C17H22ClN5O3. The van der Waals surface area contributed by atoms with Gasteiger partial charge in [0.2, 0.25) is 0 Å². The monoisotopic (exact) mass is 379 g/mol. The molecule has 1 aromatic heterocycles. The van der Waals surface area contributed by atoms with Crippen molar-refractivity contribution in [1.82, 2.24) is 20.1 Å². The second kappa shape index (κ2) is 8.37. The van der Waals surface area contributed by atoms with Crippen LogP contribution in [-0.2, 0) is 11.3 Å². The van der Waals surface area contributed by atoms with E-state index in [0.717, 1.165) is 43.9 Å². The topological polar surface area (TPSA) is 106 Å². The number of H-pyrrole nitrogens is 1. The number of nitrogens with zero attached hydrogens (tertiary/aromatic N) is 3. The van der Waals surface area contributed by atoms with E-state index in [-0.39, 0.29) is 6.61 Å². The smallest absolute Gasteiger partial charge is 0.255 e. The molecule has 1 saturated heterocycles. The van der Waals surface area contributed by atoms with Gasteiger partial charge in [-0.05, 0) is 43.6 Å². The maximum Gasteiger partial charge on any atom is 0.255 e. The van der Waals surface area contributed by atoms with Gasteiger partial charge in [0.15, 0.2) is 18.1 Å². The van der Waals surface area contributed by atoms with Gasteiger partial charge in [-0.2, -0.15) is 5.10 Å². The highest BCUT2D eigenvalue weighted by Gasteiger charge is 2.23. The molecule has 1 fully saturated rings. The fourth-order valence-corrected chi connectivity index (χ4v) is 3.47. The fraction of sp³-hybridized carbons (Fsp3) is 0.471. The van der Waals surface area contributed by atoms with Crippen molar-refractivity contribution in [3.8, 4) is 11.5 Å². The van der Waals surface area contributed by atoms with Crippen molar-refractivity contribution in [2.45, 2.75) is 25.3 Å². The molecule has 1 aliphatic heterocycles. The molecular weight excluding hydrogens is 358 g/mol. The Bertz CT molecular complexity index is 745. The molecule has 2 heterocycles. The molecule has 140 valence electrons. The van der Waals surface area contributed by atoms with Crippen molar-refractivity contribution in [3.05, 3.63) is 34.9 Å². The van der Waals surface area contributed by atoms with Crippen molar-refractivity contribution < 1.29 is 14.3 Å². The molecule has 2 aromatic rings. The highest BCUT2D eigenvalue weighted by atomic mass is 35.5. The summed E-state index contributed by atoms with van der Waals surface area (Å²) in [4.78, 5) is 17.5. The summed E-state index contributed by atoms with van der Waals surface area (Å²) in [6.45, 7) is 2.44. The molecule has 0 bridgehead atoms. The lowest BCUT2D eigenvalue weighted by molar-refractivity contribution is -0.119. The Morgan fingerprint density at radius 2 is 2.19 bits per heavy atom. The van der Waals surface area contributed by atoms with Crippen molar-refractivity contribution in [3.63, 3.8) is 0 Å². The van der Waals surface area contributed by atoms with Crippen LogP contribution in [0.5, 0.6) is 11.5 Å². The third-order valence-corrected chi connectivity index (χ3v) is 4.74. The van der Waals surface area contributed by atoms with Crippen LogP contribution in [0.2, 0.25) is 5.02 Å². The second-order valence-corrected chi connectivity index (χ2v) is 6.69. The molecule has 1 aliphatic rings. The van der Waals surface area contributed by atoms with Crippen molar-refractivity contribution in [2.75, 3.05) is 26.8 Å². The van der Waals surface area contributed by atoms with Gasteiger partial charge in [-0.15, -0.1) is 0 Å². The lowest BCUT2D eigenvalue weighted by Gasteiger charge is -2.31. The van der Waals surface area contributed by atoms with Gasteiger partial charge in [0.1, 0.15) is 12.2 Å². The predicted octanol–water partition coefficient (Wildman–Crippen LogP) is 1.71. The highest BCUT2D eigenvalue weighted by molar-refractivity contribution is 6.32. The third kappa shape index (κ3) is 4.44. The molecule has 0 saturated carbocycles. The molecule has 3 N–H and O–H groups in total. The summed E-state index contributed by atoms with van der Waals surface area (Å²) in [5.74, 6) is 1.65. The molecule has 3 rings (SSSR count). The first-order chi connectivity index (χ1) is 12.6. The number of carbonyl (C=O) groups excluding carboxylic acids is 1. The van der Waals surface area contributed by atoms with Crippen LogP contribution >= 0.6 is 11.6 Å². The minimum atomic E-state index is -0.568. The van der Waals surface area contributed by atoms with Gasteiger partial charge >= 0.3 is 0 Å². The van der Waals surface area contributed by atoms with E-state index in [4.69, 9.17) is 26.8 Å². The standard InChI is InChI=1S/C17H22ClN5O3/c1-25-14-7-11(6-13(18)16(14)26-9-15(19)24)8-23-4-2-12(3-5-23)17-20-10-21-22-17/h6-7,10,12H,2-5,8-9H2,1H3,(H2,19,24)(H,20,21,22). The van der Waals surface area contributed by atoms with Gasteiger partial charge in [-0.3, -0.25) is 14.8 Å². The second-order valence-electron chi connectivity index (χ2n) is 6.29. The maximum atomic E-state index is 10.9. The minimum absolute atomic E-state index is 0.245. The van der Waals surface area contributed by atoms with E-state index in [1.54, 1.807) is 6.33 Å². The number of primary amides is 1. The number of benzene rings is 1. The van der Waals surface area contributed by atoms with Gasteiger partial charge in [0, 0.05) is 12.5 Å². The predicted molar refractivity (Wildman–Crippen MR) is 96.3 cm³/mol. The Morgan fingerprint density at radius 1 is 1.42 bits per heavy atom. The number of amides is 1. The lowest BCUT2D eigenvalue weighted by atomic mass is 9.96. The number of nitrogens with two attached hydrogens (primary N) is 1. The van der Waals surface area contributed by atoms with E-state index >= 15 is 0 Å². The summed E-state index contributed by atoms with van der Waals surface area (Å²) < 4.78 is 10.7. The van der Waals surface area contributed by atoms with Gasteiger partial charge in [-0.25, -0.2) is 4.98 Å². The number of likely N-dealkylation sites (tertiary alicyclic amines) is 1. The first kappa shape index (κ1) is 18.5. The van der Waals surface area contributed by atoms with Gasteiger partial charge < -0.3 is 15.2 Å². The Hall–Kier alpha value is -2.32. The van der Waals surface area contributed by atoms with Crippen LogP contribution in [0.1, 0.15) is 30.1 Å². The molecule has 8 nitrogen and oxygen atoms in total. The number of hydrogen-bond acceptors (Lipinski definition) is 6. The zero-order valence-electron chi connectivity index (χ0n) is 14.6. The summed E-state index contributed by atoms with van der Waals surface area (Å²) in [6, 6.07) is 3.72. The maximum absolute atomic E-state index is 10.9. The molecule has 0 unspecified atom stereocenters. The number of hydrogen-bond donors (Lipinski definition) is 2. The van der Waals surface area contributed by atoms with E-state index < -0.39 is 5.91 Å². The van der Waals surface area contributed by atoms with E-state index in [2.05, 4.69) is 20.1 Å². The molecule has 1 aromatic carbocycles. The van der Waals surface area contributed by atoms with Gasteiger partial charge in [0.05, 0.1) is 12.1 Å². The van der Waals surface area contributed by atoms with Crippen LogP contribution in [0.15, 0.2) is 18.5 Å². The molecule has 0 aliphatic carbocycles. The minimum Gasteiger partial charge on any atom is -0.493 e. The van der Waals surface area contributed by atoms with E-state index in [1.807, 2.05) is 12.1 Å². The van der Waals surface area contributed by atoms with Crippen molar-refractivity contribution in [2.24, 2.45) is 5.73 Å². The summed E-state index contributed by atoms with van der Waals surface area (Å²) >= 11 is 6.31. The number of rotatable bonds is 7. The lowest BCUT2D eigenvalue weighted by Crippen LogP contribution is -2.32. The molecule has 1 amide bonds. The summed E-state index contributed by atoms with van der Waals surface area (Å²) in [5.41, 5.74) is 6.14. The van der Waals surface area contributed by atoms with Crippen LogP contribution in [-0.4, -0.2) is 52.8 Å². The van der Waals surface area contributed by atoms with Gasteiger partial charge in [-0.1, -0.05) is 11.6 Å². The Balaban J connectivity index is 1.63. The first-order valence-corrected chi connectivity index (χ1v) is 8.79. The van der Waals surface area contributed by atoms with E-state index in [1.165, 1.54) is 7.11 Å². The number of aromatic nitrogens is 3. The Morgan fingerprint density at radius 3 is 2.81 bits per heavy atom. The Kier molecular flexibility index (Phi) is 5.95. The van der Waals surface area contributed by atoms with E-state index in [0.29, 0.717) is 22.4 Å². The summed E-state index contributed by atoms with van der Waals surface area (Å²) in [5, 5.41) is 7.29. The number of methoxy groups -OCH3 is 1. The molecule has 26 heavy (non-hydrogen) atoms. The number of halogens is 1. The van der Waals surface area contributed by atoms with Crippen molar-refractivity contribution in [1.29, 1.82) is 0 Å². The fourth-order valence-electron chi connectivity index (χ4n) is 3.18. The average molecular weight is 380 g/mol.